The highest BCUT2D eigenvalue weighted by Crippen LogP contribution is 2.31. The van der Waals surface area contributed by atoms with Crippen molar-refractivity contribution in [1.82, 2.24) is 14.5 Å². The molecular formula is C15H19N5O7S3. The van der Waals surface area contributed by atoms with Crippen molar-refractivity contribution >= 4 is 48.1 Å². The lowest BCUT2D eigenvalue weighted by Crippen LogP contribution is -2.40. The van der Waals surface area contributed by atoms with E-state index in [0.29, 0.717) is 11.3 Å². The topological polar surface area (TPSA) is 157 Å². The Bertz CT molecular complexity index is 1140. The van der Waals surface area contributed by atoms with Crippen molar-refractivity contribution in [3.8, 4) is 5.75 Å². The average molecular weight is 478 g/mol. The molecule has 1 aliphatic rings. The quantitative estimate of drug-likeness (QED) is 0.536. The minimum atomic E-state index is -4.16. The second-order valence-corrected chi connectivity index (χ2v) is 10.8. The molecule has 1 aromatic heterocycles. The first-order valence-electron chi connectivity index (χ1n) is 8.53. The van der Waals surface area contributed by atoms with Crippen molar-refractivity contribution < 1.29 is 31.1 Å². The van der Waals surface area contributed by atoms with Crippen LogP contribution in [0.5, 0.6) is 5.75 Å². The predicted molar refractivity (Wildman–Crippen MR) is 108 cm³/mol. The molecule has 15 heteroatoms. The number of nitrogens with zero attached hydrogens (tertiary/aromatic N) is 3. The molecule has 0 aliphatic carbocycles. The van der Waals surface area contributed by atoms with Gasteiger partial charge in [-0.3, -0.25) is 9.52 Å². The largest absolute Gasteiger partial charge is 0.495 e. The number of carbonyl (C=O) groups is 1. The zero-order chi connectivity index (χ0) is 21.9. The van der Waals surface area contributed by atoms with Crippen molar-refractivity contribution in [3.63, 3.8) is 0 Å². The van der Waals surface area contributed by atoms with E-state index in [1.54, 1.807) is 0 Å². The molecule has 1 saturated heterocycles. The molecule has 3 rings (SSSR count). The number of carbonyl (C=O) groups excluding carboxylic acids is 1. The summed E-state index contributed by atoms with van der Waals surface area (Å²) in [5.74, 6) is -0.343. The number of hydrogen-bond donors (Lipinski definition) is 2. The van der Waals surface area contributed by atoms with E-state index in [4.69, 9.17) is 9.47 Å². The molecule has 164 valence electrons. The molecule has 2 aromatic rings. The summed E-state index contributed by atoms with van der Waals surface area (Å²) in [6, 6.07) is 3.90. The fourth-order valence-electron chi connectivity index (χ4n) is 2.59. The minimum absolute atomic E-state index is 0.00101. The van der Waals surface area contributed by atoms with Crippen LogP contribution < -0.4 is 14.8 Å². The van der Waals surface area contributed by atoms with Crippen molar-refractivity contribution in [2.75, 3.05) is 43.5 Å². The number of aromatic nitrogens is 2. The van der Waals surface area contributed by atoms with Crippen molar-refractivity contribution in [1.29, 1.82) is 0 Å². The molecule has 0 saturated carbocycles. The van der Waals surface area contributed by atoms with Crippen LogP contribution in [0.2, 0.25) is 0 Å². The molecule has 1 aliphatic heterocycles. The molecule has 2 N–H and O–H groups in total. The summed E-state index contributed by atoms with van der Waals surface area (Å²) in [4.78, 5) is 10.9. The maximum atomic E-state index is 13.0. The van der Waals surface area contributed by atoms with E-state index >= 15 is 0 Å². The van der Waals surface area contributed by atoms with Gasteiger partial charge in [-0.05, 0) is 18.2 Å². The van der Waals surface area contributed by atoms with Gasteiger partial charge in [-0.25, -0.2) is 8.42 Å². The SMILES string of the molecule is COc1ccc(NS(=O)(=O)c2nnc(NC(C)=O)s2)cc1S(=O)(=O)N1CCOCC1. The summed E-state index contributed by atoms with van der Waals surface area (Å²) in [7, 11) is -6.78. The fraction of sp³-hybridized carbons (Fsp3) is 0.400. The third kappa shape index (κ3) is 4.86. The van der Waals surface area contributed by atoms with Crippen molar-refractivity contribution in [3.05, 3.63) is 18.2 Å². The lowest BCUT2D eigenvalue weighted by atomic mass is 10.3. The molecule has 0 spiro atoms. The summed E-state index contributed by atoms with van der Waals surface area (Å²) in [5.41, 5.74) is -0.00101. The summed E-state index contributed by atoms with van der Waals surface area (Å²) in [6.45, 7) is 2.14. The Balaban J connectivity index is 1.91. The second kappa shape index (κ2) is 8.81. The van der Waals surface area contributed by atoms with E-state index in [9.17, 15) is 21.6 Å². The zero-order valence-electron chi connectivity index (χ0n) is 16.0. The minimum Gasteiger partial charge on any atom is -0.495 e. The van der Waals surface area contributed by atoms with E-state index in [-0.39, 0.29) is 52.1 Å². The molecule has 1 amide bonds. The first-order chi connectivity index (χ1) is 14.1. The number of ether oxygens (including phenoxy) is 2. The molecule has 2 heterocycles. The monoisotopic (exact) mass is 477 g/mol. The molecule has 30 heavy (non-hydrogen) atoms. The van der Waals surface area contributed by atoms with Gasteiger partial charge in [0.05, 0.1) is 26.0 Å². The van der Waals surface area contributed by atoms with E-state index in [1.165, 1.54) is 36.5 Å². The van der Waals surface area contributed by atoms with Gasteiger partial charge in [0.25, 0.3) is 14.4 Å². The molecule has 1 aromatic carbocycles. The molecule has 12 nitrogen and oxygen atoms in total. The van der Waals surface area contributed by atoms with E-state index in [2.05, 4.69) is 20.2 Å². The first-order valence-corrected chi connectivity index (χ1v) is 12.3. The molecule has 0 unspecified atom stereocenters. The molecular weight excluding hydrogens is 458 g/mol. The van der Waals surface area contributed by atoms with Crippen LogP contribution in [0.1, 0.15) is 6.92 Å². The average Bonchev–Trinajstić information content (AvgIpc) is 3.17. The third-order valence-corrected chi connectivity index (χ3v) is 8.43. The maximum absolute atomic E-state index is 13.0. The van der Waals surface area contributed by atoms with Gasteiger partial charge in [-0.2, -0.15) is 12.7 Å². The molecule has 0 radical (unpaired) electrons. The van der Waals surface area contributed by atoms with Gasteiger partial charge >= 0.3 is 0 Å². The molecule has 1 fully saturated rings. The van der Waals surface area contributed by atoms with Crippen molar-refractivity contribution in [2.45, 2.75) is 16.2 Å². The van der Waals surface area contributed by atoms with Crippen LogP contribution in [0.15, 0.2) is 27.4 Å². The van der Waals surface area contributed by atoms with Crippen LogP contribution in [-0.2, 0) is 29.6 Å². The number of rotatable bonds is 7. The standard InChI is InChI=1S/C15H19N5O7S3/c1-10(21)16-14-17-18-15(28-14)29(22,23)19-11-3-4-12(26-2)13(9-11)30(24,25)20-5-7-27-8-6-20/h3-4,9,19H,5-8H2,1-2H3,(H,16,17,21). The lowest BCUT2D eigenvalue weighted by molar-refractivity contribution is -0.114. The van der Waals surface area contributed by atoms with Crippen LogP contribution in [0.3, 0.4) is 0 Å². The fourth-order valence-corrected chi connectivity index (χ4v) is 6.17. The maximum Gasteiger partial charge on any atom is 0.291 e. The number of anilines is 2. The Morgan fingerprint density at radius 2 is 1.90 bits per heavy atom. The van der Waals surface area contributed by atoms with Gasteiger partial charge in [-0.1, -0.05) is 11.3 Å². The highest BCUT2D eigenvalue weighted by atomic mass is 32.2. The van der Waals surface area contributed by atoms with Crippen LogP contribution >= 0.6 is 11.3 Å². The van der Waals surface area contributed by atoms with E-state index < -0.39 is 26.0 Å². The number of benzene rings is 1. The Kier molecular flexibility index (Phi) is 6.56. The highest BCUT2D eigenvalue weighted by Gasteiger charge is 2.30. The summed E-state index contributed by atoms with van der Waals surface area (Å²) < 4.78 is 64.7. The van der Waals surface area contributed by atoms with E-state index in [0.717, 1.165) is 0 Å². The Hall–Kier alpha value is -2.33. The van der Waals surface area contributed by atoms with Crippen LogP contribution in [0, 0.1) is 0 Å². The van der Waals surface area contributed by atoms with Gasteiger partial charge in [0.15, 0.2) is 0 Å². The Labute approximate surface area is 177 Å². The number of hydrogen-bond acceptors (Lipinski definition) is 10. The van der Waals surface area contributed by atoms with Crippen LogP contribution in [0.25, 0.3) is 0 Å². The van der Waals surface area contributed by atoms with E-state index in [1.807, 2.05) is 0 Å². The van der Waals surface area contributed by atoms with Crippen LogP contribution in [-0.4, -0.2) is 70.7 Å². The number of amides is 1. The predicted octanol–water partition coefficient (Wildman–Crippen LogP) is 0.327. The first kappa shape index (κ1) is 22.4. The third-order valence-electron chi connectivity index (χ3n) is 3.92. The summed E-state index contributed by atoms with van der Waals surface area (Å²) in [6.07, 6.45) is 0. The zero-order valence-corrected chi connectivity index (χ0v) is 18.4. The van der Waals surface area contributed by atoms with Gasteiger partial charge in [0.2, 0.25) is 21.1 Å². The smallest absolute Gasteiger partial charge is 0.291 e. The number of sulfonamides is 2. The number of morpholine rings is 1. The second-order valence-electron chi connectivity index (χ2n) is 6.04. The molecule has 0 atom stereocenters. The van der Waals surface area contributed by atoms with Crippen LogP contribution in [0.4, 0.5) is 10.8 Å². The van der Waals surface area contributed by atoms with Gasteiger partial charge in [0.1, 0.15) is 10.6 Å². The lowest BCUT2D eigenvalue weighted by Gasteiger charge is -2.26. The normalized spacial score (nSPS) is 15.5. The summed E-state index contributed by atoms with van der Waals surface area (Å²) >= 11 is 0.658. The van der Waals surface area contributed by atoms with Gasteiger partial charge in [-0.15, -0.1) is 10.2 Å². The number of nitrogens with one attached hydrogen (secondary N) is 2. The van der Waals surface area contributed by atoms with Crippen molar-refractivity contribution in [2.24, 2.45) is 0 Å². The van der Waals surface area contributed by atoms with Gasteiger partial charge < -0.3 is 14.8 Å². The Morgan fingerprint density at radius 3 is 2.53 bits per heavy atom. The highest BCUT2D eigenvalue weighted by molar-refractivity contribution is 7.94. The molecule has 0 bridgehead atoms. The summed E-state index contributed by atoms with van der Waals surface area (Å²) in [5, 5.41) is 9.51. The Morgan fingerprint density at radius 1 is 1.20 bits per heavy atom. The number of methoxy groups -OCH3 is 1. The van der Waals surface area contributed by atoms with Gasteiger partial charge in [0, 0.05) is 20.0 Å².